The van der Waals surface area contributed by atoms with Crippen LogP contribution in [0.5, 0.6) is 0 Å². The smallest absolute Gasteiger partial charge is 0.245 e. The molecular weight excluding hydrogens is 1240 g/mol. The summed E-state index contributed by atoms with van der Waals surface area (Å²) in [5.41, 5.74) is 8.33. The lowest BCUT2D eigenvalue weighted by Gasteiger charge is -2.31. The first-order valence-corrected chi connectivity index (χ1v) is 31.0. The molecule has 0 aromatic carbocycles. The summed E-state index contributed by atoms with van der Waals surface area (Å²) >= 11 is 4.06. The van der Waals surface area contributed by atoms with Crippen molar-refractivity contribution in [2.24, 2.45) is 23.5 Å². The predicted molar refractivity (Wildman–Crippen MR) is 338 cm³/mol. The SMILES string of the molecule is CC(C)[C@H](NC(=O)[C@@H](NC(=O)[C@@H](N)CS)C(C)C)C(=O)N[C@H](C(=O)N[C@H](C(=O)N[C@@H](Cc1cnc[nH]1)C(=O)N[C@@H](Cc1cnc[nH]1)C(=O)N[C@@H](Cc1cnc[nH]1)C(=O)N[C@@H](Cc1cnc[nH]1)C(=O)N[C@@H](Cc1cnc[nH]1)C(=O)N[C@H](CO)Cc1cnc[nH]1)[C@@H](C)O)C(C)C. The zero-order valence-corrected chi connectivity index (χ0v) is 53.8. The first kappa shape index (κ1) is 73.2. The Morgan fingerprint density at radius 3 is 0.840 bits per heavy atom. The van der Waals surface area contributed by atoms with Gasteiger partial charge in [-0.1, -0.05) is 41.5 Å². The number of rotatable bonds is 38. The maximum absolute atomic E-state index is 14.9. The molecular formula is C58H85N23O12S. The molecule has 0 aliphatic rings. The van der Waals surface area contributed by atoms with Crippen LogP contribution in [0, 0.1) is 17.8 Å². The number of nitrogens with one attached hydrogen (secondary N) is 16. The number of aliphatic hydroxyl groups excluding tert-OH is 2. The van der Waals surface area contributed by atoms with Crippen molar-refractivity contribution in [1.82, 2.24) is 113 Å². The van der Waals surface area contributed by atoms with Gasteiger partial charge in [0.05, 0.1) is 62.8 Å². The fourth-order valence-corrected chi connectivity index (χ4v) is 9.85. The number of H-pyrrole nitrogens is 6. The van der Waals surface area contributed by atoms with E-state index in [4.69, 9.17) is 5.73 Å². The minimum absolute atomic E-state index is 0.0110. The summed E-state index contributed by atoms with van der Waals surface area (Å²) < 4.78 is 0. The number of carbonyl (C=O) groups excluding carboxylic acids is 10. The highest BCUT2D eigenvalue weighted by molar-refractivity contribution is 7.80. The van der Waals surface area contributed by atoms with Gasteiger partial charge >= 0.3 is 0 Å². The molecule has 0 radical (unpaired) electrons. The lowest BCUT2D eigenvalue weighted by atomic mass is 9.97. The normalized spacial score (nSPS) is 15.3. The number of imidazole rings is 6. The molecule has 0 fully saturated rings. The number of aromatic amines is 6. The van der Waals surface area contributed by atoms with E-state index in [-0.39, 0.29) is 44.3 Å². The molecule has 6 rings (SSSR count). The van der Waals surface area contributed by atoms with E-state index in [0.717, 1.165) is 0 Å². The number of nitrogens with zero attached hydrogens (tertiary/aromatic N) is 6. The molecule has 0 unspecified atom stereocenters. The van der Waals surface area contributed by atoms with Crippen LogP contribution in [0.1, 0.15) is 82.6 Å². The molecule has 35 nitrogen and oxygen atoms in total. The van der Waals surface area contributed by atoms with Gasteiger partial charge in [-0.25, -0.2) is 29.9 Å². The Morgan fingerprint density at radius 1 is 0.372 bits per heavy atom. The van der Waals surface area contributed by atoms with Gasteiger partial charge in [-0.3, -0.25) is 47.9 Å². The minimum atomic E-state index is -1.77. The van der Waals surface area contributed by atoms with E-state index in [0.29, 0.717) is 34.2 Å². The van der Waals surface area contributed by atoms with Gasteiger partial charge in [-0.15, -0.1) is 0 Å². The topological polar surface area (TPSA) is 530 Å². The summed E-state index contributed by atoms with van der Waals surface area (Å²) in [5.74, 6) is -10.0. The third-order valence-electron chi connectivity index (χ3n) is 15.0. The van der Waals surface area contributed by atoms with Gasteiger partial charge in [-0.2, -0.15) is 12.6 Å². The first-order chi connectivity index (χ1) is 44.8. The summed E-state index contributed by atoms with van der Waals surface area (Å²) in [4.78, 5) is 183. The van der Waals surface area contributed by atoms with E-state index in [1.807, 2.05) is 0 Å². The number of aliphatic hydroxyl groups is 2. The largest absolute Gasteiger partial charge is 0.394 e. The average molecular weight is 1330 g/mol. The van der Waals surface area contributed by atoms with Crippen molar-refractivity contribution < 1.29 is 58.2 Å². The third kappa shape index (κ3) is 22.2. The van der Waals surface area contributed by atoms with Crippen LogP contribution >= 0.6 is 12.6 Å². The van der Waals surface area contributed by atoms with E-state index in [1.54, 1.807) is 41.5 Å². The van der Waals surface area contributed by atoms with E-state index in [2.05, 4.69) is 126 Å². The lowest BCUT2D eigenvalue weighted by Crippen LogP contribution is -2.63. The molecule has 6 aromatic rings. The number of hydrogen-bond acceptors (Lipinski definition) is 20. The maximum Gasteiger partial charge on any atom is 0.245 e. The molecule has 0 bridgehead atoms. The van der Waals surface area contributed by atoms with Crippen molar-refractivity contribution in [1.29, 1.82) is 0 Å². The minimum Gasteiger partial charge on any atom is -0.394 e. The Bertz CT molecular complexity index is 3350. The Labute approximate surface area is 545 Å². The molecule has 6 aromatic heterocycles. The second-order valence-electron chi connectivity index (χ2n) is 23.6. The van der Waals surface area contributed by atoms with E-state index >= 15 is 0 Å². The van der Waals surface area contributed by atoms with Crippen LogP contribution in [0.25, 0.3) is 0 Å². The van der Waals surface area contributed by atoms with Crippen molar-refractivity contribution in [2.75, 3.05) is 12.4 Å². The molecule has 510 valence electrons. The molecule has 0 saturated heterocycles. The highest BCUT2D eigenvalue weighted by Gasteiger charge is 2.39. The fourth-order valence-electron chi connectivity index (χ4n) is 9.69. The molecule has 0 spiro atoms. The molecule has 36 heteroatoms. The van der Waals surface area contributed by atoms with Crippen molar-refractivity contribution in [3.63, 3.8) is 0 Å². The third-order valence-corrected chi connectivity index (χ3v) is 15.4. The van der Waals surface area contributed by atoms with Crippen LogP contribution < -0.4 is 58.9 Å². The number of nitrogens with two attached hydrogens (primary N) is 1. The maximum atomic E-state index is 14.9. The zero-order chi connectivity index (χ0) is 68.6. The van der Waals surface area contributed by atoms with Crippen LogP contribution in [0.4, 0.5) is 0 Å². The zero-order valence-electron chi connectivity index (χ0n) is 52.9. The van der Waals surface area contributed by atoms with Crippen LogP contribution in [0.2, 0.25) is 0 Å². The Kier molecular flexibility index (Phi) is 27.9. The summed E-state index contributed by atoms with van der Waals surface area (Å²) in [6.07, 6.45) is 14.2. The Hall–Kier alpha value is -9.81. The Morgan fingerprint density at radius 2 is 0.606 bits per heavy atom. The van der Waals surface area contributed by atoms with Gasteiger partial charge < -0.3 is 99.0 Å². The van der Waals surface area contributed by atoms with Crippen molar-refractivity contribution in [2.45, 2.75) is 160 Å². The monoisotopic (exact) mass is 1330 g/mol. The first-order valence-electron chi connectivity index (χ1n) is 30.4. The molecule has 10 amide bonds. The molecule has 0 aliphatic heterocycles. The van der Waals surface area contributed by atoms with Gasteiger partial charge in [0.25, 0.3) is 0 Å². The molecule has 20 N–H and O–H groups in total. The number of hydrogen-bond donors (Lipinski definition) is 20. The number of thiol groups is 1. The standard InChI is InChI=1S/C58H85N23O12S/c1-28(2)45(78-49(84)39(59)21-94)55(90)79-46(29(3)4)56(91)80-47(30(5)6)57(92)81-48(31(7)83)58(93)77-44(13-37-19-65-27-71-37)54(89)76-43(12-36-18-64-26-70-36)53(88)75-42(11-35-17-63-25-69-35)52(87)74-41(10-34-16-62-24-68-34)51(86)73-40(9-33-15-61-23-67-33)50(85)72-38(20-82)8-32-14-60-22-66-32/h14-19,22-31,38-48,82-83,94H,8-13,20-21,59H2,1-7H3,(H,60,66)(H,61,67)(H,62,68)(H,63,69)(H,64,70)(H,65,71)(H,72,85)(H,73,86)(H,74,87)(H,75,88)(H,76,89)(H,77,93)(H,78,84)(H,79,90)(H,80,91)(H,81,92)/t31-,38+,39+,40+,41+,42+,43+,44+,45+,46+,47+,48+/m1/s1. The second-order valence-corrected chi connectivity index (χ2v) is 24.0. The molecule has 0 aliphatic carbocycles. The van der Waals surface area contributed by atoms with Gasteiger partial charge in [0, 0.05) is 116 Å². The van der Waals surface area contributed by atoms with Gasteiger partial charge in [0.1, 0.15) is 54.4 Å². The molecule has 94 heavy (non-hydrogen) atoms. The van der Waals surface area contributed by atoms with E-state index in [9.17, 15) is 58.2 Å². The Balaban J connectivity index is 1.21. The highest BCUT2D eigenvalue weighted by atomic mass is 32.1. The van der Waals surface area contributed by atoms with Gasteiger partial charge in [-0.05, 0) is 24.7 Å². The van der Waals surface area contributed by atoms with E-state index < -0.39 is 156 Å². The summed E-state index contributed by atoms with van der Waals surface area (Å²) in [6.45, 7) is 10.6. The lowest BCUT2D eigenvalue weighted by molar-refractivity contribution is -0.138. The van der Waals surface area contributed by atoms with Crippen molar-refractivity contribution in [3.05, 3.63) is 109 Å². The average Bonchev–Trinajstić information content (AvgIpc) is 1.08. The van der Waals surface area contributed by atoms with Crippen LogP contribution in [0.3, 0.4) is 0 Å². The van der Waals surface area contributed by atoms with E-state index in [1.165, 1.54) is 82.1 Å². The summed E-state index contributed by atoms with van der Waals surface area (Å²) in [7, 11) is 0. The van der Waals surface area contributed by atoms with Gasteiger partial charge in [0.2, 0.25) is 59.1 Å². The van der Waals surface area contributed by atoms with Gasteiger partial charge in [0.15, 0.2) is 0 Å². The van der Waals surface area contributed by atoms with Crippen LogP contribution in [-0.4, -0.2) is 214 Å². The molecule has 0 saturated carbocycles. The van der Waals surface area contributed by atoms with Crippen molar-refractivity contribution in [3.8, 4) is 0 Å². The number of aromatic nitrogens is 12. The molecule has 6 heterocycles. The number of amides is 10. The quantitative estimate of drug-likeness (QED) is 0.0162. The van der Waals surface area contributed by atoms with Crippen LogP contribution in [0.15, 0.2) is 75.1 Å². The highest BCUT2D eigenvalue weighted by Crippen LogP contribution is 2.14. The summed E-state index contributed by atoms with van der Waals surface area (Å²) in [5, 5.41) is 47.9. The summed E-state index contributed by atoms with van der Waals surface area (Å²) in [6, 6.07) is -14.7. The predicted octanol–water partition coefficient (Wildman–Crippen LogP) is -4.77. The number of carbonyl (C=O) groups is 10. The molecule has 12 atom stereocenters. The fraction of sp³-hybridized carbons (Fsp3) is 0.517. The van der Waals surface area contributed by atoms with Crippen molar-refractivity contribution >= 4 is 71.7 Å². The van der Waals surface area contributed by atoms with Crippen LogP contribution in [-0.2, 0) is 86.5 Å². The second kappa shape index (κ2) is 35.9.